The summed E-state index contributed by atoms with van der Waals surface area (Å²) < 4.78 is 10.1. The number of nitriles is 1. The van der Waals surface area contributed by atoms with E-state index in [-0.39, 0.29) is 12.1 Å². The molecule has 0 atom stereocenters. The Morgan fingerprint density at radius 3 is 2.57 bits per heavy atom. The van der Waals surface area contributed by atoms with Crippen molar-refractivity contribution in [2.45, 2.75) is 45.2 Å². The number of hydrogen-bond acceptors (Lipinski definition) is 4. The van der Waals surface area contributed by atoms with Crippen molar-refractivity contribution in [2.75, 3.05) is 5.32 Å². The zero-order chi connectivity index (χ0) is 24.5. The summed E-state index contributed by atoms with van der Waals surface area (Å²) in [5.74, 6) is 0.677. The molecule has 1 aliphatic rings. The Hall–Kier alpha value is -4.25. The summed E-state index contributed by atoms with van der Waals surface area (Å²) in [5, 5.41) is 16.7. The number of imidazole rings is 1. The number of hydrogen-bond donors (Lipinski definition) is 2. The van der Waals surface area contributed by atoms with Crippen LogP contribution in [0.15, 0.2) is 54.9 Å². The Morgan fingerprint density at radius 2 is 1.97 bits per heavy atom. The van der Waals surface area contributed by atoms with E-state index in [1.165, 1.54) is 6.42 Å². The van der Waals surface area contributed by atoms with E-state index < -0.39 is 0 Å². The first-order valence-corrected chi connectivity index (χ1v) is 11.9. The molecule has 0 spiro atoms. The molecule has 0 aliphatic heterocycles. The molecule has 0 radical (unpaired) electrons. The van der Waals surface area contributed by atoms with Crippen LogP contribution in [0.4, 0.5) is 10.5 Å². The van der Waals surface area contributed by atoms with E-state index in [2.05, 4.69) is 26.3 Å². The fourth-order valence-corrected chi connectivity index (χ4v) is 4.47. The normalized spacial score (nSPS) is 13.5. The molecule has 1 saturated carbocycles. The minimum Gasteiger partial charge on any atom is -0.425 e. The highest BCUT2D eigenvalue weighted by atomic mass is 16.5. The fraction of sp³-hybridized carbons (Fsp3) is 0.296. The van der Waals surface area contributed by atoms with Crippen molar-refractivity contribution in [1.82, 2.24) is 19.4 Å². The number of rotatable bonds is 6. The molecule has 8 nitrogen and oxygen atoms in total. The smallest absolute Gasteiger partial charge is 0.319 e. The van der Waals surface area contributed by atoms with Gasteiger partial charge in [0.05, 0.1) is 16.8 Å². The maximum Gasteiger partial charge on any atom is 0.319 e. The van der Waals surface area contributed by atoms with Crippen LogP contribution in [-0.4, -0.2) is 26.2 Å². The highest BCUT2D eigenvalue weighted by molar-refractivity contribution is 5.96. The van der Waals surface area contributed by atoms with E-state index in [1.807, 2.05) is 74.1 Å². The third-order valence-corrected chi connectivity index (χ3v) is 6.35. The third-order valence-electron chi connectivity index (χ3n) is 6.35. The highest BCUT2D eigenvalue weighted by Crippen LogP contribution is 2.43. The molecule has 5 rings (SSSR count). The quantitative estimate of drug-likeness (QED) is 0.365. The number of anilines is 1. The van der Waals surface area contributed by atoms with Crippen LogP contribution in [0, 0.1) is 11.3 Å². The summed E-state index contributed by atoms with van der Waals surface area (Å²) in [6.45, 7) is 3.83. The molecule has 0 saturated heterocycles. The Bertz CT molecular complexity index is 1420. The Morgan fingerprint density at radius 1 is 1.20 bits per heavy atom. The Labute approximate surface area is 204 Å². The van der Waals surface area contributed by atoms with Crippen LogP contribution in [-0.2, 0) is 7.05 Å². The monoisotopic (exact) mass is 468 g/mol. The van der Waals surface area contributed by atoms with Gasteiger partial charge in [-0.25, -0.2) is 9.78 Å². The molecule has 8 heteroatoms. The summed E-state index contributed by atoms with van der Waals surface area (Å²) in [6, 6.07) is 16.6. The Balaban J connectivity index is 1.56. The number of carbonyl (C=O) groups excluding carboxylic acids is 1. The molecule has 2 N–H and O–H groups in total. The van der Waals surface area contributed by atoms with E-state index in [0.717, 1.165) is 35.0 Å². The third kappa shape index (κ3) is 4.33. The van der Waals surface area contributed by atoms with E-state index >= 15 is 0 Å². The second-order valence-electron chi connectivity index (χ2n) is 9.22. The van der Waals surface area contributed by atoms with Crippen molar-refractivity contribution in [3.8, 4) is 29.1 Å². The topological polar surface area (TPSA) is 96.9 Å². The van der Waals surface area contributed by atoms with Gasteiger partial charge < -0.3 is 24.5 Å². The van der Waals surface area contributed by atoms with Crippen LogP contribution in [0.5, 0.6) is 11.8 Å². The van der Waals surface area contributed by atoms with Gasteiger partial charge in [0.2, 0.25) is 0 Å². The number of urea groups is 1. The molecule has 1 aliphatic carbocycles. The lowest BCUT2D eigenvalue weighted by Crippen LogP contribution is -2.34. The van der Waals surface area contributed by atoms with Crippen LogP contribution in [0.1, 0.15) is 44.7 Å². The molecule has 1 fully saturated rings. The van der Waals surface area contributed by atoms with Crippen molar-refractivity contribution < 1.29 is 9.53 Å². The molecule has 0 bridgehead atoms. The average molecular weight is 469 g/mol. The predicted octanol–water partition coefficient (Wildman–Crippen LogP) is 5.96. The second-order valence-corrected chi connectivity index (χ2v) is 9.22. The van der Waals surface area contributed by atoms with Crippen LogP contribution in [0.25, 0.3) is 22.2 Å². The summed E-state index contributed by atoms with van der Waals surface area (Å²) in [4.78, 5) is 16.3. The van der Waals surface area contributed by atoms with Crippen LogP contribution < -0.4 is 15.4 Å². The van der Waals surface area contributed by atoms with Gasteiger partial charge in [0.15, 0.2) is 0 Å². The number of aromatic nitrogens is 3. The van der Waals surface area contributed by atoms with Gasteiger partial charge in [-0.15, -0.1) is 0 Å². The van der Waals surface area contributed by atoms with E-state index in [0.29, 0.717) is 29.1 Å². The molecule has 2 heterocycles. The first-order valence-electron chi connectivity index (χ1n) is 11.9. The summed E-state index contributed by atoms with van der Waals surface area (Å²) in [5.41, 5.74) is 4.16. The summed E-state index contributed by atoms with van der Waals surface area (Å²) in [6.07, 6.45) is 6.84. The van der Waals surface area contributed by atoms with Gasteiger partial charge in [-0.3, -0.25) is 0 Å². The summed E-state index contributed by atoms with van der Waals surface area (Å²) in [7, 11) is 1.88. The van der Waals surface area contributed by atoms with Gasteiger partial charge in [-0.05, 0) is 62.9 Å². The number of aryl methyl sites for hydroxylation is 1. The fourth-order valence-electron chi connectivity index (χ4n) is 4.47. The van der Waals surface area contributed by atoms with Gasteiger partial charge >= 0.3 is 12.0 Å². The van der Waals surface area contributed by atoms with Gasteiger partial charge in [0.25, 0.3) is 0 Å². The summed E-state index contributed by atoms with van der Waals surface area (Å²) >= 11 is 0. The maximum absolute atomic E-state index is 12.1. The lowest BCUT2D eigenvalue weighted by molar-refractivity contribution is 0.250. The van der Waals surface area contributed by atoms with Crippen molar-refractivity contribution in [2.24, 2.45) is 7.05 Å². The first kappa shape index (κ1) is 22.5. The van der Waals surface area contributed by atoms with E-state index in [9.17, 15) is 10.1 Å². The molecule has 4 aromatic rings. The number of nitrogens with one attached hydrogen (secondary N) is 2. The SMILES string of the molecule is CC(C)NC(=O)Nc1ccc(-c2c(C#N)c3ccc(Oc4nccn4C)cc3n2C2CCC2)cc1. The number of benzene rings is 2. The number of carbonyl (C=O) groups is 1. The van der Waals surface area contributed by atoms with E-state index in [4.69, 9.17) is 4.74 Å². The van der Waals surface area contributed by atoms with Crippen LogP contribution >= 0.6 is 0 Å². The van der Waals surface area contributed by atoms with Crippen molar-refractivity contribution in [3.05, 3.63) is 60.4 Å². The van der Waals surface area contributed by atoms with Gasteiger partial charge in [0.1, 0.15) is 11.8 Å². The van der Waals surface area contributed by atoms with Crippen molar-refractivity contribution >= 4 is 22.6 Å². The maximum atomic E-state index is 12.1. The number of fused-ring (bicyclic) bond motifs is 1. The van der Waals surface area contributed by atoms with Crippen molar-refractivity contribution in [3.63, 3.8) is 0 Å². The molecule has 0 unspecified atom stereocenters. The predicted molar refractivity (Wildman–Crippen MR) is 136 cm³/mol. The second kappa shape index (κ2) is 9.18. The minimum atomic E-state index is -0.241. The molecule has 2 amide bonds. The highest BCUT2D eigenvalue weighted by Gasteiger charge is 2.28. The van der Waals surface area contributed by atoms with Crippen LogP contribution in [0.2, 0.25) is 0 Å². The number of nitrogens with zero attached hydrogens (tertiary/aromatic N) is 4. The zero-order valence-corrected chi connectivity index (χ0v) is 20.1. The van der Waals surface area contributed by atoms with Gasteiger partial charge in [-0.1, -0.05) is 12.1 Å². The number of amides is 2. The molecular formula is C27H28N6O2. The molecule has 2 aromatic carbocycles. The van der Waals surface area contributed by atoms with Crippen molar-refractivity contribution in [1.29, 1.82) is 5.26 Å². The minimum absolute atomic E-state index is 0.0527. The molecule has 2 aromatic heterocycles. The molecule has 35 heavy (non-hydrogen) atoms. The lowest BCUT2D eigenvalue weighted by Gasteiger charge is -2.30. The van der Waals surface area contributed by atoms with Gasteiger partial charge in [-0.2, -0.15) is 5.26 Å². The zero-order valence-electron chi connectivity index (χ0n) is 20.1. The largest absolute Gasteiger partial charge is 0.425 e. The number of ether oxygens (including phenoxy) is 1. The first-order chi connectivity index (χ1) is 16.9. The van der Waals surface area contributed by atoms with Gasteiger partial charge in [0, 0.05) is 48.7 Å². The van der Waals surface area contributed by atoms with Crippen LogP contribution in [0.3, 0.4) is 0 Å². The molecular weight excluding hydrogens is 440 g/mol. The molecule has 178 valence electrons. The standard InChI is InChI=1S/C27H28N6O2/c1-17(2)30-26(34)31-19-9-7-18(8-10-19)25-23(16-28)22-12-11-21(35-27-29-13-14-32(27)3)15-24(22)33(25)20-5-4-6-20/h7-15,17,20H,4-6H2,1-3H3,(H2,30,31,34). The average Bonchev–Trinajstić information content (AvgIpc) is 3.33. The lowest BCUT2D eigenvalue weighted by atomic mass is 9.92. The van der Waals surface area contributed by atoms with E-state index in [1.54, 1.807) is 6.20 Å². The Kier molecular flexibility index (Phi) is 5.91.